The molecule has 10 nitrogen and oxygen atoms in total. The topological polar surface area (TPSA) is 121 Å². The molecule has 2 atom stereocenters. The number of methoxy groups -OCH3 is 1. The summed E-state index contributed by atoms with van der Waals surface area (Å²) in [4.78, 5) is 39.3. The van der Waals surface area contributed by atoms with Crippen LogP contribution in [0.4, 0.5) is 5.69 Å². The first-order valence-electron chi connectivity index (χ1n) is 11.4. The summed E-state index contributed by atoms with van der Waals surface area (Å²) in [5.41, 5.74) is 1.78. The first kappa shape index (κ1) is 23.5. The Morgan fingerprint density at radius 2 is 2.17 bits per heavy atom. The van der Waals surface area contributed by atoms with E-state index in [1.54, 1.807) is 18.5 Å². The zero-order valence-electron chi connectivity index (χ0n) is 19.7. The molecule has 1 aromatic carbocycles. The van der Waals surface area contributed by atoms with Gasteiger partial charge < -0.3 is 25.1 Å². The predicted octanol–water partition coefficient (Wildman–Crippen LogP) is 2.33. The van der Waals surface area contributed by atoms with Gasteiger partial charge in [-0.05, 0) is 32.0 Å². The molecule has 1 amide bonds. The number of rotatable bonds is 5. The normalized spacial score (nSPS) is 22.1. The van der Waals surface area contributed by atoms with Crippen LogP contribution in [-0.2, 0) is 19.1 Å². The number of ether oxygens (including phenoxy) is 2. The van der Waals surface area contributed by atoms with Crippen LogP contribution in [0.15, 0.2) is 35.6 Å². The van der Waals surface area contributed by atoms with E-state index in [1.807, 2.05) is 30.9 Å². The third-order valence-electron chi connectivity index (χ3n) is 6.34. The van der Waals surface area contributed by atoms with Gasteiger partial charge in [0.15, 0.2) is 0 Å². The van der Waals surface area contributed by atoms with Crippen LogP contribution in [0.3, 0.4) is 0 Å². The third-order valence-corrected chi connectivity index (χ3v) is 6.55. The Bertz CT molecular complexity index is 1340. The molecule has 1 saturated heterocycles. The van der Waals surface area contributed by atoms with Crippen molar-refractivity contribution in [3.05, 3.63) is 35.6 Å². The van der Waals surface area contributed by atoms with Crippen LogP contribution in [0.2, 0.25) is 5.02 Å². The number of amides is 1. The molecule has 4 heterocycles. The highest BCUT2D eigenvalue weighted by Gasteiger charge is 2.39. The van der Waals surface area contributed by atoms with Crippen LogP contribution in [0.5, 0.6) is 0 Å². The summed E-state index contributed by atoms with van der Waals surface area (Å²) in [6, 6.07) is 4.43. The largest absolute Gasteiger partial charge is 0.467 e. The van der Waals surface area contributed by atoms with E-state index in [0.29, 0.717) is 36.2 Å². The number of benzene rings is 1. The fourth-order valence-corrected chi connectivity index (χ4v) is 4.87. The summed E-state index contributed by atoms with van der Waals surface area (Å²) < 4.78 is 10.8. The van der Waals surface area contributed by atoms with Crippen molar-refractivity contribution in [2.75, 3.05) is 38.7 Å². The Labute approximate surface area is 207 Å². The standard InChI is InChI=1S/C24H27ClN6O4/c1-24(2)12-31(10-20-27-9-18(28-20)23(33)34-3)19(11-35-24)22(32)30-16-7-13(25)6-15-14-4-5-26-8-17(14)29-21(15)16/h4-8,18-19,29H,9-12H2,1-3H3,(H,27,28)(H,30,32)/t18?,19-/m0/s1. The Kier molecular flexibility index (Phi) is 6.12. The molecule has 0 aliphatic carbocycles. The number of anilines is 1. The lowest BCUT2D eigenvalue weighted by atomic mass is 10.0. The number of amidine groups is 1. The monoisotopic (exact) mass is 498 g/mol. The van der Waals surface area contributed by atoms with Crippen LogP contribution < -0.4 is 10.6 Å². The lowest BCUT2D eigenvalue weighted by Crippen LogP contribution is -2.60. The van der Waals surface area contributed by atoms with Gasteiger partial charge in [0.2, 0.25) is 5.91 Å². The predicted molar refractivity (Wildman–Crippen MR) is 134 cm³/mol. The smallest absolute Gasteiger partial charge is 0.330 e. The van der Waals surface area contributed by atoms with Crippen LogP contribution >= 0.6 is 11.6 Å². The van der Waals surface area contributed by atoms with Crippen molar-refractivity contribution in [3.8, 4) is 0 Å². The molecule has 184 valence electrons. The zero-order valence-corrected chi connectivity index (χ0v) is 20.5. The van der Waals surface area contributed by atoms with E-state index in [-0.39, 0.29) is 18.5 Å². The average molecular weight is 499 g/mol. The Hall–Kier alpha value is -3.21. The van der Waals surface area contributed by atoms with Gasteiger partial charge in [-0.15, -0.1) is 0 Å². The third kappa shape index (κ3) is 4.69. The van der Waals surface area contributed by atoms with E-state index in [9.17, 15) is 9.59 Å². The number of H-pyrrole nitrogens is 1. The Morgan fingerprint density at radius 3 is 2.97 bits per heavy atom. The maximum atomic E-state index is 13.5. The fourth-order valence-electron chi connectivity index (χ4n) is 4.65. The molecular weight excluding hydrogens is 472 g/mol. The van der Waals surface area contributed by atoms with Gasteiger partial charge in [-0.1, -0.05) is 11.6 Å². The Morgan fingerprint density at radius 1 is 1.34 bits per heavy atom. The molecule has 0 bridgehead atoms. The summed E-state index contributed by atoms with van der Waals surface area (Å²) in [5, 5.41) is 8.54. The van der Waals surface area contributed by atoms with Crippen LogP contribution in [0.1, 0.15) is 13.8 Å². The minimum absolute atomic E-state index is 0.215. The van der Waals surface area contributed by atoms with Gasteiger partial charge in [0.05, 0.1) is 55.3 Å². The molecule has 0 spiro atoms. The first-order valence-corrected chi connectivity index (χ1v) is 11.7. The summed E-state index contributed by atoms with van der Waals surface area (Å²) in [6.07, 6.45) is 3.46. The highest BCUT2D eigenvalue weighted by Crippen LogP contribution is 2.33. The molecule has 3 aromatic rings. The van der Waals surface area contributed by atoms with Gasteiger partial charge in [-0.2, -0.15) is 0 Å². The summed E-state index contributed by atoms with van der Waals surface area (Å²) in [5.74, 6) is 0.0620. The lowest BCUT2D eigenvalue weighted by molar-refractivity contribution is -0.143. The van der Waals surface area contributed by atoms with Crippen molar-refractivity contribution in [1.29, 1.82) is 0 Å². The molecule has 0 radical (unpaired) electrons. The van der Waals surface area contributed by atoms with Crippen molar-refractivity contribution in [3.63, 3.8) is 0 Å². The second kappa shape index (κ2) is 9.10. The quantitative estimate of drug-likeness (QED) is 0.461. The minimum Gasteiger partial charge on any atom is -0.467 e. The molecular formula is C24H27ClN6O4. The van der Waals surface area contributed by atoms with E-state index in [4.69, 9.17) is 21.1 Å². The molecule has 35 heavy (non-hydrogen) atoms. The maximum absolute atomic E-state index is 13.5. The van der Waals surface area contributed by atoms with Crippen LogP contribution in [0.25, 0.3) is 21.8 Å². The van der Waals surface area contributed by atoms with E-state index in [2.05, 4.69) is 25.6 Å². The molecule has 2 aliphatic heterocycles. The van der Waals surface area contributed by atoms with Crippen molar-refractivity contribution >= 4 is 56.8 Å². The van der Waals surface area contributed by atoms with Crippen molar-refractivity contribution in [1.82, 2.24) is 20.2 Å². The molecule has 0 saturated carbocycles. The highest BCUT2D eigenvalue weighted by molar-refractivity contribution is 6.33. The van der Waals surface area contributed by atoms with E-state index < -0.39 is 17.7 Å². The lowest BCUT2D eigenvalue weighted by Gasteiger charge is -2.42. The SMILES string of the molecule is COC(=O)C1CN=C(CN2CC(C)(C)OC[C@H]2C(=O)Nc2cc(Cl)cc3c2[nH]c2cnccc23)N1. The van der Waals surface area contributed by atoms with Crippen molar-refractivity contribution in [2.45, 2.75) is 31.5 Å². The highest BCUT2D eigenvalue weighted by atomic mass is 35.5. The van der Waals surface area contributed by atoms with Gasteiger partial charge in [0.1, 0.15) is 17.9 Å². The fraction of sp³-hybridized carbons (Fsp3) is 0.417. The molecule has 2 aromatic heterocycles. The van der Waals surface area contributed by atoms with E-state index in [1.165, 1.54) is 7.11 Å². The van der Waals surface area contributed by atoms with Gasteiger partial charge in [-0.25, -0.2) is 4.79 Å². The molecule has 1 fully saturated rings. The minimum atomic E-state index is -0.565. The summed E-state index contributed by atoms with van der Waals surface area (Å²) in [6.45, 7) is 5.37. The van der Waals surface area contributed by atoms with Gasteiger partial charge in [0, 0.05) is 28.5 Å². The number of pyridine rings is 1. The summed E-state index contributed by atoms with van der Waals surface area (Å²) >= 11 is 6.40. The van der Waals surface area contributed by atoms with Crippen molar-refractivity contribution < 1.29 is 19.1 Å². The number of morpholine rings is 1. The molecule has 2 aliphatic rings. The molecule has 5 rings (SSSR count). The van der Waals surface area contributed by atoms with Gasteiger partial charge >= 0.3 is 5.97 Å². The average Bonchev–Trinajstić information content (AvgIpc) is 3.43. The molecule has 1 unspecified atom stereocenters. The van der Waals surface area contributed by atoms with E-state index >= 15 is 0 Å². The first-order chi connectivity index (χ1) is 16.7. The molecule has 3 N–H and O–H groups in total. The summed E-state index contributed by atoms with van der Waals surface area (Å²) in [7, 11) is 1.35. The second-order valence-electron chi connectivity index (χ2n) is 9.41. The van der Waals surface area contributed by atoms with Gasteiger partial charge in [0.25, 0.3) is 0 Å². The number of halogens is 1. The maximum Gasteiger partial charge on any atom is 0.330 e. The van der Waals surface area contributed by atoms with Crippen LogP contribution in [-0.4, -0.2) is 83.6 Å². The number of aliphatic imine (C=N–C) groups is 1. The second-order valence-corrected chi connectivity index (χ2v) is 9.85. The zero-order chi connectivity index (χ0) is 24.7. The number of esters is 1. The van der Waals surface area contributed by atoms with Crippen LogP contribution in [0, 0.1) is 0 Å². The number of aromatic amines is 1. The number of carbonyl (C=O) groups excluding carboxylic acids is 2. The molecule has 11 heteroatoms. The Balaban J connectivity index is 1.39. The number of nitrogens with one attached hydrogen (secondary N) is 3. The van der Waals surface area contributed by atoms with Crippen molar-refractivity contribution in [2.24, 2.45) is 4.99 Å². The van der Waals surface area contributed by atoms with Gasteiger partial charge in [-0.3, -0.25) is 19.7 Å². The number of aromatic nitrogens is 2. The number of fused-ring (bicyclic) bond motifs is 3. The number of nitrogens with zero attached hydrogens (tertiary/aromatic N) is 3. The number of hydrogen-bond donors (Lipinski definition) is 3. The number of carbonyl (C=O) groups is 2. The number of hydrogen-bond acceptors (Lipinski definition) is 8. The van der Waals surface area contributed by atoms with E-state index in [0.717, 1.165) is 21.8 Å².